The van der Waals surface area contributed by atoms with Crippen molar-refractivity contribution in [3.05, 3.63) is 212 Å². The maximum atomic E-state index is 9.72. The highest BCUT2D eigenvalue weighted by Gasteiger charge is 2.18. The van der Waals surface area contributed by atoms with Gasteiger partial charge >= 0.3 is 0 Å². The number of aromatic nitrogens is 3. The van der Waals surface area contributed by atoms with Crippen LogP contribution < -0.4 is 0 Å². The Bertz CT molecular complexity index is 3950. The number of hydrogen-bond donors (Lipinski definition) is 0. The molecule has 12 aromatic rings. The fraction of sp³-hybridized carbons (Fsp3) is 0. The smallest absolute Gasteiger partial charge is 0.164 e. The predicted molar refractivity (Wildman–Crippen MR) is 264 cm³/mol. The maximum absolute atomic E-state index is 9.72. The van der Waals surface area contributed by atoms with Crippen molar-refractivity contribution in [2.24, 2.45) is 0 Å². The van der Waals surface area contributed by atoms with Crippen molar-refractivity contribution in [2.75, 3.05) is 0 Å². The number of fused-ring (bicyclic) bond motifs is 6. The van der Waals surface area contributed by atoms with Crippen LogP contribution in [0.15, 0.2) is 212 Å². The predicted octanol–water partition coefficient (Wildman–Crippen LogP) is 16.3. The first kappa shape index (κ1) is 30.5. The van der Waals surface area contributed by atoms with Crippen LogP contribution >= 0.6 is 22.7 Å². The van der Waals surface area contributed by atoms with Gasteiger partial charge < -0.3 is 0 Å². The van der Waals surface area contributed by atoms with E-state index in [1.54, 1.807) is 11.3 Å². The molecule has 0 N–H and O–H groups in total. The molecule has 0 unspecified atom stereocenters. The molecule has 0 aliphatic rings. The Hall–Kier alpha value is -7.57. The lowest BCUT2D eigenvalue weighted by Crippen LogP contribution is -2.00. The van der Waals surface area contributed by atoms with Gasteiger partial charge in [-0.15, -0.1) is 22.7 Å². The Labute approximate surface area is 375 Å². The van der Waals surface area contributed by atoms with Gasteiger partial charge in [0.05, 0.1) is 8.22 Å². The van der Waals surface area contributed by atoms with E-state index < -0.39 is 0 Å². The van der Waals surface area contributed by atoms with Gasteiger partial charge in [-0.1, -0.05) is 200 Å². The monoisotopic (exact) mass is 831 g/mol. The van der Waals surface area contributed by atoms with Crippen LogP contribution in [-0.4, -0.2) is 15.0 Å². The van der Waals surface area contributed by atoms with Gasteiger partial charge in [0.1, 0.15) is 0 Å². The lowest BCUT2D eigenvalue weighted by atomic mass is 9.99. The largest absolute Gasteiger partial charge is 0.208 e. The number of rotatable bonds is 7. The quantitative estimate of drug-likeness (QED) is 0.161. The van der Waals surface area contributed by atoms with Gasteiger partial charge in [0.15, 0.2) is 17.5 Å². The summed E-state index contributed by atoms with van der Waals surface area (Å²) in [5, 5.41) is 3.15. The molecule has 290 valence electrons. The summed E-state index contributed by atoms with van der Waals surface area (Å²) in [5.74, 6) is 0.762. The van der Waals surface area contributed by atoms with Crippen LogP contribution in [0.2, 0.25) is 0 Å². The average molecular weight is 832 g/mol. The lowest BCUT2D eigenvalue weighted by molar-refractivity contribution is 1.07. The highest BCUT2D eigenvalue weighted by Crippen LogP contribution is 2.45. The van der Waals surface area contributed by atoms with E-state index in [1.807, 2.05) is 91.0 Å². The van der Waals surface area contributed by atoms with Crippen molar-refractivity contribution in [1.82, 2.24) is 15.0 Å². The van der Waals surface area contributed by atoms with E-state index >= 15 is 0 Å². The highest BCUT2D eigenvalue weighted by molar-refractivity contribution is 7.27. The van der Waals surface area contributed by atoms with Gasteiger partial charge in [0.25, 0.3) is 0 Å². The van der Waals surface area contributed by atoms with Gasteiger partial charge in [-0.2, -0.15) is 0 Å². The Morgan fingerprint density at radius 1 is 0.323 bits per heavy atom. The Kier molecular flexibility index (Phi) is 7.45. The molecular formula is C57H35N3S2. The summed E-state index contributed by atoms with van der Waals surface area (Å²) in [6.45, 7) is 0. The average Bonchev–Trinajstić information content (AvgIpc) is 3.99. The standard InChI is InChI=1S/C57H35N3S2/c1-4-13-36(14-5-1)37-25-29-41(30-26-37)55-58-56(60-57(59-55)43-33-34-49-51(35-43)61-50-24-12-19-44(52(49)50)38-15-6-2-7-16-38)42-31-27-40(28-32-42)46-21-11-23-48-47-22-10-20-45(53(47)62-54(46)48)39-17-8-3-9-18-39/h1-35H/i12D,19D,24D,33D,34D,35D. The molecule has 5 heteroatoms. The molecule has 0 bridgehead atoms. The minimum atomic E-state index is -0.251. The van der Waals surface area contributed by atoms with E-state index in [0.29, 0.717) is 54.1 Å². The SMILES string of the molecule is [2H]c1c([2H])c(-c2ccccc2)c2c(sc3c([2H])c(-c4nc(-c5ccc(-c6ccccc6)cc5)nc(-c5ccc(-c6cccc7c6sc6c(-c8ccccc8)cccc67)cc5)n4)c([2H])c([2H])c32)c1[2H]. The molecule has 3 nitrogen and oxygen atoms in total. The molecule has 0 amide bonds. The zero-order valence-electron chi connectivity index (χ0n) is 38.9. The van der Waals surface area contributed by atoms with E-state index in [2.05, 4.69) is 84.9 Å². The second kappa shape index (κ2) is 15.2. The van der Waals surface area contributed by atoms with Crippen LogP contribution in [0, 0.1) is 0 Å². The van der Waals surface area contributed by atoms with Crippen molar-refractivity contribution < 1.29 is 8.22 Å². The van der Waals surface area contributed by atoms with Crippen LogP contribution in [0.1, 0.15) is 8.22 Å². The molecule has 0 spiro atoms. The second-order valence-corrected chi connectivity index (χ2v) is 17.1. The van der Waals surface area contributed by atoms with Crippen LogP contribution in [0.4, 0.5) is 0 Å². The summed E-state index contributed by atoms with van der Waals surface area (Å²) in [5.41, 5.74) is 9.17. The fourth-order valence-electron chi connectivity index (χ4n) is 8.26. The molecule has 0 aliphatic carbocycles. The van der Waals surface area contributed by atoms with Gasteiger partial charge in [-0.25, -0.2) is 15.0 Å². The van der Waals surface area contributed by atoms with Crippen LogP contribution in [0.3, 0.4) is 0 Å². The minimum absolute atomic E-state index is 0.0628. The van der Waals surface area contributed by atoms with Crippen molar-refractivity contribution in [2.45, 2.75) is 0 Å². The van der Waals surface area contributed by atoms with E-state index in [0.717, 1.165) is 33.6 Å². The summed E-state index contributed by atoms with van der Waals surface area (Å²) >= 11 is 2.93. The summed E-state index contributed by atoms with van der Waals surface area (Å²) in [7, 11) is 0. The number of benzene rings is 9. The van der Waals surface area contributed by atoms with E-state index in [9.17, 15) is 4.11 Å². The molecular weight excluding hydrogens is 791 g/mol. The van der Waals surface area contributed by atoms with Crippen molar-refractivity contribution in [1.29, 1.82) is 0 Å². The normalized spacial score (nSPS) is 12.9. The molecule has 3 heterocycles. The zero-order chi connectivity index (χ0) is 46.2. The van der Waals surface area contributed by atoms with Crippen molar-refractivity contribution in [3.63, 3.8) is 0 Å². The lowest BCUT2D eigenvalue weighted by Gasteiger charge is -2.10. The number of thiophene rings is 2. The molecule has 3 aromatic heterocycles. The van der Waals surface area contributed by atoms with E-state index in [-0.39, 0.29) is 47.6 Å². The van der Waals surface area contributed by atoms with Crippen LogP contribution in [0.5, 0.6) is 0 Å². The molecule has 0 saturated heterocycles. The first-order valence-corrected chi connectivity index (χ1v) is 21.9. The summed E-state index contributed by atoms with van der Waals surface area (Å²) < 4.78 is 58.6. The Morgan fingerprint density at radius 3 is 1.37 bits per heavy atom. The molecule has 0 saturated carbocycles. The van der Waals surface area contributed by atoms with Gasteiger partial charge in [0.2, 0.25) is 0 Å². The van der Waals surface area contributed by atoms with Crippen molar-refractivity contribution in [3.8, 4) is 78.7 Å². The third kappa shape index (κ3) is 6.38. The second-order valence-electron chi connectivity index (χ2n) is 15.0. The number of nitrogens with zero attached hydrogens (tertiary/aromatic N) is 3. The first-order valence-electron chi connectivity index (χ1n) is 23.3. The molecule has 0 radical (unpaired) electrons. The summed E-state index contributed by atoms with van der Waals surface area (Å²) in [6.07, 6.45) is 0. The number of hydrogen-bond acceptors (Lipinski definition) is 5. The van der Waals surface area contributed by atoms with Crippen LogP contribution in [-0.2, 0) is 0 Å². The minimum Gasteiger partial charge on any atom is -0.208 e. The molecule has 62 heavy (non-hydrogen) atoms. The molecule has 0 atom stereocenters. The summed E-state index contributed by atoms with van der Waals surface area (Å²) in [4.78, 5) is 15.0. The Morgan fingerprint density at radius 2 is 0.790 bits per heavy atom. The third-order valence-corrected chi connectivity index (χ3v) is 13.6. The molecule has 0 fully saturated rings. The van der Waals surface area contributed by atoms with Gasteiger partial charge in [-0.3, -0.25) is 0 Å². The van der Waals surface area contributed by atoms with Gasteiger partial charge in [-0.05, 0) is 56.6 Å². The fourth-order valence-corrected chi connectivity index (χ4v) is 10.7. The van der Waals surface area contributed by atoms with Gasteiger partial charge in [0, 0.05) is 57.0 Å². The molecule has 9 aromatic carbocycles. The molecule has 0 aliphatic heterocycles. The first-order chi connectivity index (χ1) is 33.2. The van der Waals surface area contributed by atoms with E-state index in [4.69, 9.17) is 19.1 Å². The van der Waals surface area contributed by atoms with Crippen molar-refractivity contribution >= 4 is 63.0 Å². The maximum Gasteiger partial charge on any atom is 0.164 e. The summed E-state index contributed by atoms with van der Waals surface area (Å²) in [6, 6.07) is 57.8. The van der Waals surface area contributed by atoms with Crippen LogP contribution in [0.25, 0.3) is 119 Å². The zero-order valence-corrected chi connectivity index (χ0v) is 34.5. The topological polar surface area (TPSA) is 38.7 Å². The highest BCUT2D eigenvalue weighted by atomic mass is 32.1. The van der Waals surface area contributed by atoms with E-state index in [1.165, 1.54) is 31.3 Å². The third-order valence-electron chi connectivity index (χ3n) is 11.3. The Balaban J connectivity index is 1.02. The molecule has 12 rings (SSSR count).